The van der Waals surface area contributed by atoms with E-state index in [1.807, 2.05) is 18.2 Å². The first-order valence-corrected chi connectivity index (χ1v) is 11.1. The smallest absolute Gasteiger partial charge is 0.276 e. The van der Waals surface area contributed by atoms with Crippen LogP contribution in [0.2, 0.25) is 0 Å². The summed E-state index contributed by atoms with van der Waals surface area (Å²) in [5, 5.41) is 8.45. The maximum Gasteiger partial charge on any atom is 0.276 e. The van der Waals surface area contributed by atoms with Crippen molar-refractivity contribution in [3.8, 4) is 11.1 Å². The van der Waals surface area contributed by atoms with Gasteiger partial charge in [0.05, 0.1) is 5.39 Å². The predicted octanol–water partition coefficient (Wildman–Crippen LogP) is 2.46. The Labute approximate surface area is 162 Å². The van der Waals surface area contributed by atoms with Crippen LogP contribution < -0.4 is 10.0 Å². The van der Waals surface area contributed by atoms with Crippen molar-refractivity contribution in [3.63, 3.8) is 0 Å². The maximum absolute atomic E-state index is 11.6. The van der Waals surface area contributed by atoms with E-state index >= 15 is 0 Å². The number of nitrogens with zero attached hydrogens (tertiary/aromatic N) is 4. The summed E-state index contributed by atoms with van der Waals surface area (Å²) >= 11 is 1.61. The Morgan fingerprint density at radius 1 is 1.19 bits per heavy atom. The van der Waals surface area contributed by atoms with Crippen molar-refractivity contribution in [2.75, 3.05) is 25.0 Å². The highest BCUT2D eigenvalue weighted by atomic mass is 32.2. The first-order chi connectivity index (χ1) is 12.9. The quantitative estimate of drug-likeness (QED) is 0.722. The summed E-state index contributed by atoms with van der Waals surface area (Å²) in [4.78, 5) is 12.2. The van der Waals surface area contributed by atoms with Gasteiger partial charge in [0, 0.05) is 37.1 Å². The Balaban J connectivity index is 1.65. The van der Waals surface area contributed by atoms with Crippen LogP contribution in [0, 0.1) is 0 Å². The third kappa shape index (κ3) is 3.55. The minimum Gasteiger partial charge on any atom is -0.356 e. The van der Waals surface area contributed by atoms with E-state index in [2.05, 4.69) is 32.4 Å². The maximum atomic E-state index is 11.6. The molecule has 1 aliphatic rings. The fraction of sp³-hybridized carbons (Fsp3) is 0.333. The molecule has 7 nitrogen and oxygen atoms in total. The summed E-state index contributed by atoms with van der Waals surface area (Å²) in [5.41, 5.74) is 2.28. The lowest BCUT2D eigenvalue weighted by molar-refractivity contribution is 0.312. The van der Waals surface area contributed by atoms with Gasteiger partial charge >= 0.3 is 0 Å². The molecule has 1 aromatic carbocycles. The highest BCUT2D eigenvalue weighted by Crippen LogP contribution is 2.38. The van der Waals surface area contributed by atoms with E-state index in [1.165, 1.54) is 4.31 Å². The minimum absolute atomic E-state index is 0.0790. The largest absolute Gasteiger partial charge is 0.356 e. The van der Waals surface area contributed by atoms with Crippen LogP contribution in [0.3, 0.4) is 0 Å². The molecule has 142 valence electrons. The Bertz CT molecular complexity index is 1040. The molecule has 27 heavy (non-hydrogen) atoms. The second-order valence-electron chi connectivity index (χ2n) is 6.67. The van der Waals surface area contributed by atoms with Crippen LogP contribution in [-0.2, 0) is 10.2 Å². The van der Waals surface area contributed by atoms with Crippen LogP contribution in [0.1, 0.15) is 12.8 Å². The number of rotatable bonds is 4. The van der Waals surface area contributed by atoms with Crippen LogP contribution in [0.5, 0.6) is 0 Å². The Hall–Kier alpha value is -2.07. The van der Waals surface area contributed by atoms with Crippen molar-refractivity contribution in [2.24, 2.45) is 5.14 Å². The van der Waals surface area contributed by atoms with E-state index in [0.29, 0.717) is 12.8 Å². The summed E-state index contributed by atoms with van der Waals surface area (Å²) in [6.07, 6.45) is 3.03. The molecule has 4 rings (SSSR count). The molecule has 0 spiro atoms. The van der Waals surface area contributed by atoms with Gasteiger partial charge < -0.3 is 4.90 Å². The third-order valence-corrected chi connectivity index (χ3v) is 7.10. The van der Waals surface area contributed by atoms with Gasteiger partial charge in [-0.1, -0.05) is 30.3 Å². The van der Waals surface area contributed by atoms with Crippen LogP contribution in [-0.4, -0.2) is 48.9 Å². The number of fused-ring (bicyclic) bond motifs is 1. The molecule has 0 atom stereocenters. The summed E-state index contributed by atoms with van der Waals surface area (Å²) in [7, 11) is -2.12. The first-order valence-electron chi connectivity index (χ1n) is 8.73. The molecule has 2 N–H and O–H groups in total. The third-order valence-electron chi connectivity index (χ3n) is 5.11. The van der Waals surface area contributed by atoms with Crippen LogP contribution in [0.4, 0.5) is 5.82 Å². The van der Waals surface area contributed by atoms with Gasteiger partial charge in [-0.2, -0.15) is 12.7 Å². The minimum atomic E-state index is -3.66. The Morgan fingerprint density at radius 3 is 2.56 bits per heavy atom. The molecular weight excluding hydrogens is 382 g/mol. The molecule has 1 aliphatic heterocycles. The topological polar surface area (TPSA) is 92.4 Å². The molecule has 3 aromatic rings. The number of thiophene rings is 1. The van der Waals surface area contributed by atoms with Gasteiger partial charge in [0.25, 0.3) is 10.2 Å². The molecule has 0 saturated carbocycles. The number of nitrogens with two attached hydrogens (primary N) is 1. The monoisotopic (exact) mass is 403 g/mol. The van der Waals surface area contributed by atoms with Crippen LogP contribution in [0.25, 0.3) is 21.3 Å². The number of piperidine rings is 1. The second-order valence-corrected chi connectivity index (χ2v) is 9.14. The van der Waals surface area contributed by atoms with Crippen molar-refractivity contribution >= 4 is 37.6 Å². The molecule has 0 aliphatic carbocycles. The first kappa shape index (κ1) is 18.3. The van der Waals surface area contributed by atoms with Crippen molar-refractivity contribution in [1.29, 1.82) is 0 Å². The number of hydrogen-bond acceptors (Lipinski definition) is 6. The normalized spacial score (nSPS) is 16.3. The molecule has 2 aromatic heterocycles. The van der Waals surface area contributed by atoms with Gasteiger partial charge in [-0.25, -0.2) is 15.1 Å². The van der Waals surface area contributed by atoms with E-state index in [0.717, 1.165) is 40.3 Å². The molecule has 1 saturated heterocycles. The van der Waals surface area contributed by atoms with Crippen molar-refractivity contribution in [1.82, 2.24) is 14.3 Å². The van der Waals surface area contributed by atoms with Crippen molar-refractivity contribution < 1.29 is 8.42 Å². The van der Waals surface area contributed by atoms with E-state index in [1.54, 1.807) is 24.7 Å². The zero-order chi connectivity index (χ0) is 19.0. The van der Waals surface area contributed by atoms with E-state index in [9.17, 15) is 8.42 Å². The van der Waals surface area contributed by atoms with Crippen molar-refractivity contribution in [2.45, 2.75) is 18.9 Å². The number of benzene rings is 1. The molecule has 1 fully saturated rings. The molecular formula is C18H21N5O2S2. The summed E-state index contributed by atoms with van der Waals surface area (Å²) < 4.78 is 24.5. The number of anilines is 1. The summed E-state index contributed by atoms with van der Waals surface area (Å²) in [6.45, 7) is 1.45. The van der Waals surface area contributed by atoms with E-state index in [-0.39, 0.29) is 6.04 Å². The van der Waals surface area contributed by atoms with Gasteiger partial charge in [-0.3, -0.25) is 0 Å². The van der Waals surface area contributed by atoms with Crippen LogP contribution in [0.15, 0.2) is 42.0 Å². The standard InChI is InChI=1S/C18H21N5O2S2/c1-22(27(19,24)25)14-7-9-23(10-8-14)17-16-15(13-5-3-2-4-6-13)11-26-18(16)21-12-20-17/h2-6,11-12,14H,7-10H2,1H3,(H2,19,24,25). The molecule has 0 amide bonds. The average molecular weight is 404 g/mol. The van der Waals surface area contributed by atoms with Gasteiger partial charge in [-0.15, -0.1) is 11.3 Å². The predicted molar refractivity (Wildman–Crippen MR) is 109 cm³/mol. The summed E-state index contributed by atoms with van der Waals surface area (Å²) in [5.74, 6) is 0.914. The fourth-order valence-corrected chi connectivity index (χ4v) is 5.12. The van der Waals surface area contributed by atoms with Gasteiger partial charge in [0.1, 0.15) is 17.0 Å². The second kappa shape index (κ2) is 7.16. The molecule has 9 heteroatoms. The van der Waals surface area contributed by atoms with E-state index < -0.39 is 10.2 Å². The molecule has 0 unspecified atom stereocenters. The zero-order valence-electron chi connectivity index (χ0n) is 14.9. The Kier molecular flexibility index (Phi) is 4.85. The lowest BCUT2D eigenvalue weighted by atomic mass is 10.0. The van der Waals surface area contributed by atoms with Crippen LogP contribution >= 0.6 is 11.3 Å². The number of aromatic nitrogens is 2. The van der Waals surface area contributed by atoms with Crippen molar-refractivity contribution in [3.05, 3.63) is 42.0 Å². The van der Waals surface area contributed by atoms with Gasteiger partial charge in [0.2, 0.25) is 0 Å². The zero-order valence-corrected chi connectivity index (χ0v) is 16.6. The SMILES string of the molecule is CN(C1CCN(c2ncnc3scc(-c4ccccc4)c23)CC1)S(N)(=O)=O. The van der Waals surface area contributed by atoms with Gasteiger partial charge in [0.15, 0.2) is 0 Å². The van der Waals surface area contributed by atoms with Gasteiger partial charge in [-0.05, 0) is 18.4 Å². The molecule has 0 radical (unpaired) electrons. The highest BCUT2D eigenvalue weighted by Gasteiger charge is 2.29. The fourth-order valence-electron chi connectivity index (χ4n) is 3.58. The summed E-state index contributed by atoms with van der Waals surface area (Å²) in [6, 6.07) is 10.2. The number of hydrogen-bond donors (Lipinski definition) is 1. The Morgan fingerprint density at radius 2 is 1.89 bits per heavy atom. The lowest BCUT2D eigenvalue weighted by Gasteiger charge is -2.36. The average Bonchev–Trinajstić information content (AvgIpc) is 3.12. The molecule has 3 heterocycles. The highest BCUT2D eigenvalue weighted by molar-refractivity contribution is 7.86. The van der Waals surface area contributed by atoms with E-state index in [4.69, 9.17) is 5.14 Å². The lowest BCUT2D eigenvalue weighted by Crippen LogP contribution is -2.47. The molecule has 0 bridgehead atoms.